The van der Waals surface area contributed by atoms with Gasteiger partial charge in [-0.05, 0) is 43.3 Å². The van der Waals surface area contributed by atoms with E-state index >= 15 is 0 Å². The van der Waals surface area contributed by atoms with Crippen LogP contribution >= 0.6 is 23.2 Å². The minimum Gasteiger partial charge on any atom is -0.491 e. The number of rotatable bonds is 9. The van der Waals surface area contributed by atoms with Crippen LogP contribution < -0.4 is 15.4 Å². The standard InChI is InChI=1S/C23H25Cl2N3O4/c1-13(2)26-11-16(29)12-31-17-9-7-15(8-10-17)27-23(30)20-14(3)32-28-22(20)21-18(24)5-4-6-19(21)25/h4-10,13,16,26,29H,11-12H2,1-3H3,(H,27,30)/t16-/m1/s1. The molecule has 9 heteroatoms. The average molecular weight is 478 g/mol. The average Bonchev–Trinajstić information content (AvgIpc) is 3.12. The first-order valence-corrected chi connectivity index (χ1v) is 10.9. The van der Waals surface area contributed by atoms with E-state index in [-0.39, 0.29) is 23.9 Å². The Morgan fingerprint density at radius 2 is 1.81 bits per heavy atom. The molecule has 1 aromatic heterocycles. The van der Waals surface area contributed by atoms with Crippen molar-refractivity contribution in [1.29, 1.82) is 0 Å². The van der Waals surface area contributed by atoms with Crippen LogP contribution in [0.15, 0.2) is 47.0 Å². The highest BCUT2D eigenvalue weighted by atomic mass is 35.5. The van der Waals surface area contributed by atoms with Gasteiger partial charge in [0.2, 0.25) is 0 Å². The van der Waals surface area contributed by atoms with Gasteiger partial charge in [-0.1, -0.05) is 48.3 Å². The molecule has 0 unspecified atom stereocenters. The summed E-state index contributed by atoms with van der Waals surface area (Å²) in [6.45, 7) is 6.27. The van der Waals surface area contributed by atoms with Gasteiger partial charge in [-0.3, -0.25) is 4.79 Å². The molecular weight excluding hydrogens is 453 g/mol. The summed E-state index contributed by atoms with van der Waals surface area (Å²) in [5, 5.41) is 20.6. The van der Waals surface area contributed by atoms with Crippen molar-refractivity contribution < 1.29 is 19.2 Å². The van der Waals surface area contributed by atoms with Crippen molar-refractivity contribution in [2.24, 2.45) is 0 Å². The van der Waals surface area contributed by atoms with Crippen LogP contribution in [0.4, 0.5) is 5.69 Å². The molecule has 0 saturated heterocycles. The maximum absolute atomic E-state index is 13.0. The normalized spacial score (nSPS) is 12.1. The van der Waals surface area contributed by atoms with Gasteiger partial charge in [-0.15, -0.1) is 0 Å². The summed E-state index contributed by atoms with van der Waals surface area (Å²) in [6, 6.07) is 12.2. The number of amides is 1. The summed E-state index contributed by atoms with van der Waals surface area (Å²) >= 11 is 12.6. The third-order valence-electron chi connectivity index (χ3n) is 4.61. The van der Waals surface area contributed by atoms with Gasteiger partial charge in [-0.2, -0.15) is 0 Å². The number of aryl methyl sites for hydroxylation is 1. The lowest BCUT2D eigenvalue weighted by atomic mass is 10.1. The van der Waals surface area contributed by atoms with E-state index in [1.165, 1.54) is 0 Å². The minimum atomic E-state index is -0.622. The molecule has 3 aromatic rings. The summed E-state index contributed by atoms with van der Waals surface area (Å²) in [7, 11) is 0. The summed E-state index contributed by atoms with van der Waals surface area (Å²) in [5.74, 6) is 0.521. The van der Waals surface area contributed by atoms with E-state index in [9.17, 15) is 9.90 Å². The second-order valence-corrected chi connectivity index (χ2v) is 8.38. The lowest BCUT2D eigenvalue weighted by molar-refractivity contribution is 0.102. The van der Waals surface area contributed by atoms with Gasteiger partial charge >= 0.3 is 0 Å². The number of carbonyl (C=O) groups excluding carboxylic acids is 1. The summed E-state index contributed by atoms with van der Waals surface area (Å²) in [5.41, 5.74) is 1.52. The van der Waals surface area contributed by atoms with Crippen LogP contribution in [0.2, 0.25) is 10.0 Å². The highest BCUT2D eigenvalue weighted by Crippen LogP contribution is 2.37. The van der Waals surface area contributed by atoms with Crippen LogP contribution in [0, 0.1) is 6.92 Å². The fraction of sp³-hybridized carbons (Fsp3) is 0.304. The molecule has 3 N–H and O–H groups in total. The molecule has 0 fully saturated rings. The third-order valence-corrected chi connectivity index (χ3v) is 5.24. The number of nitrogens with zero attached hydrogens (tertiary/aromatic N) is 1. The van der Waals surface area contributed by atoms with Crippen molar-refractivity contribution >= 4 is 34.8 Å². The Kier molecular flexibility index (Phi) is 8.15. The van der Waals surface area contributed by atoms with Crippen molar-refractivity contribution in [3.8, 4) is 17.0 Å². The first-order chi connectivity index (χ1) is 15.3. The molecule has 170 valence electrons. The number of aromatic nitrogens is 1. The quantitative estimate of drug-likeness (QED) is 0.403. The Bertz CT molecular complexity index is 1050. The zero-order chi connectivity index (χ0) is 23.3. The topological polar surface area (TPSA) is 96.6 Å². The summed E-state index contributed by atoms with van der Waals surface area (Å²) in [6.07, 6.45) is -0.622. The molecule has 1 heterocycles. The van der Waals surface area contributed by atoms with E-state index < -0.39 is 12.0 Å². The smallest absolute Gasteiger partial charge is 0.261 e. The molecular formula is C23H25Cl2N3O4. The van der Waals surface area contributed by atoms with Crippen molar-refractivity contribution in [3.05, 3.63) is 63.8 Å². The Morgan fingerprint density at radius 1 is 1.16 bits per heavy atom. The van der Waals surface area contributed by atoms with Crippen molar-refractivity contribution in [2.45, 2.75) is 32.9 Å². The molecule has 2 aromatic carbocycles. The predicted octanol–water partition coefficient (Wildman–Crippen LogP) is 4.95. The molecule has 0 spiro atoms. The second-order valence-electron chi connectivity index (χ2n) is 7.57. The number of hydrogen-bond acceptors (Lipinski definition) is 6. The SMILES string of the molecule is Cc1onc(-c2c(Cl)cccc2Cl)c1C(=O)Nc1ccc(OC[C@H](O)CNC(C)C)cc1. The van der Waals surface area contributed by atoms with E-state index in [0.717, 1.165) is 0 Å². The van der Waals surface area contributed by atoms with E-state index in [2.05, 4.69) is 15.8 Å². The minimum absolute atomic E-state index is 0.160. The zero-order valence-corrected chi connectivity index (χ0v) is 19.5. The largest absolute Gasteiger partial charge is 0.491 e. The first-order valence-electron chi connectivity index (χ1n) is 10.1. The van der Waals surface area contributed by atoms with Gasteiger partial charge in [0.15, 0.2) is 0 Å². The number of carbonyl (C=O) groups is 1. The molecule has 0 bridgehead atoms. The molecule has 3 rings (SSSR count). The maximum Gasteiger partial charge on any atom is 0.261 e. The Labute approximate surface area is 196 Å². The van der Waals surface area contributed by atoms with Crippen LogP contribution in [-0.2, 0) is 0 Å². The van der Waals surface area contributed by atoms with Gasteiger partial charge in [0.25, 0.3) is 5.91 Å². The number of ether oxygens (including phenoxy) is 1. The van der Waals surface area contributed by atoms with Crippen LogP contribution in [0.25, 0.3) is 11.3 Å². The maximum atomic E-state index is 13.0. The fourth-order valence-corrected chi connectivity index (χ4v) is 3.56. The molecule has 1 amide bonds. The van der Waals surface area contributed by atoms with Crippen LogP contribution in [0.5, 0.6) is 5.75 Å². The van der Waals surface area contributed by atoms with E-state index in [1.807, 2.05) is 13.8 Å². The van der Waals surface area contributed by atoms with Gasteiger partial charge in [0.1, 0.15) is 35.5 Å². The Balaban J connectivity index is 1.68. The van der Waals surface area contributed by atoms with Crippen molar-refractivity contribution in [2.75, 3.05) is 18.5 Å². The monoisotopic (exact) mass is 477 g/mol. The third kappa shape index (κ3) is 6.01. The number of aliphatic hydroxyl groups excluding tert-OH is 1. The number of benzene rings is 2. The molecule has 1 atom stereocenters. The molecule has 7 nitrogen and oxygen atoms in total. The number of aliphatic hydroxyl groups is 1. The number of anilines is 1. The highest BCUT2D eigenvalue weighted by Gasteiger charge is 2.25. The Hall–Kier alpha value is -2.58. The van der Waals surface area contributed by atoms with E-state index in [1.54, 1.807) is 49.4 Å². The summed E-state index contributed by atoms with van der Waals surface area (Å²) < 4.78 is 10.8. The number of halogens is 2. The van der Waals surface area contributed by atoms with Crippen LogP contribution in [-0.4, -0.2) is 41.5 Å². The number of hydrogen-bond donors (Lipinski definition) is 3. The summed E-state index contributed by atoms with van der Waals surface area (Å²) in [4.78, 5) is 13.0. The van der Waals surface area contributed by atoms with Gasteiger partial charge in [0, 0.05) is 23.8 Å². The fourth-order valence-electron chi connectivity index (χ4n) is 2.99. The highest BCUT2D eigenvalue weighted by molar-refractivity contribution is 6.39. The lowest BCUT2D eigenvalue weighted by Crippen LogP contribution is -2.35. The van der Waals surface area contributed by atoms with Gasteiger partial charge in [0.05, 0.1) is 10.0 Å². The number of nitrogens with one attached hydrogen (secondary N) is 2. The predicted molar refractivity (Wildman–Crippen MR) is 126 cm³/mol. The lowest BCUT2D eigenvalue weighted by Gasteiger charge is -2.15. The zero-order valence-electron chi connectivity index (χ0n) is 18.0. The Morgan fingerprint density at radius 3 is 2.44 bits per heavy atom. The van der Waals surface area contributed by atoms with Gasteiger partial charge in [-0.25, -0.2) is 0 Å². The van der Waals surface area contributed by atoms with Crippen molar-refractivity contribution in [1.82, 2.24) is 10.5 Å². The van der Waals surface area contributed by atoms with Crippen molar-refractivity contribution in [3.63, 3.8) is 0 Å². The molecule has 0 aliphatic rings. The first kappa shape index (κ1) is 24.1. The molecule has 0 aliphatic carbocycles. The van der Waals surface area contributed by atoms with E-state index in [4.69, 9.17) is 32.5 Å². The van der Waals surface area contributed by atoms with Crippen LogP contribution in [0.1, 0.15) is 30.0 Å². The molecule has 32 heavy (non-hydrogen) atoms. The van der Waals surface area contributed by atoms with Gasteiger partial charge < -0.3 is 25.0 Å². The molecule has 0 saturated carbocycles. The molecule has 0 radical (unpaired) electrons. The van der Waals surface area contributed by atoms with E-state index in [0.29, 0.717) is 39.4 Å². The van der Waals surface area contributed by atoms with Crippen LogP contribution in [0.3, 0.4) is 0 Å². The second kappa shape index (κ2) is 10.8. The molecule has 0 aliphatic heterocycles.